The molecule has 0 aromatic heterocycles. The standard InChI is InChI=1S/C6H13NOS2.K/c1-2-8-5-3-4-7-6(9)10;/h2-5H2,1H3,(H2,7,9,10);/q;+1/p-1. The van der Waals surface area contributed by atoms with Crippen LogP contribution < -0.4 is 56.7 Å². The van der Waals surface area contributed by atoms with Gasteiger partial charge in [0.15, 0.2) is 0 Å². The number of hydrogen-bond donors (Lipinski definition) is 1. The third kappa shape index (κ3) is 14.5. The Morgan fingerprint density at radius 1 is 1.64 bits per heavy atom. The summed E-state index contributed by atoms with van der Waals surface area (Å²) in [6.45, 7) is 4.35. The van der Waals surface area contributed by atoms with Crippen molar-refractivity contribution >= 4 is 29.2 Å². The molecular weight excluding hydrogens is 205 g/mol. The SMILES string of the molecule is CCOCCCNC(=S)[S-].[K+]. The molecule has 1 N–H and O–H groups in total. The molecule has 0 atom stereocenters. The van der Waals surface area contributed by atoms with E-state index < -0.39 is 0 Å². The molecule has 0 saturated heterocycles. The number of hydrogen-bond acceptors (Lipinski definition) is 3. The first kappa shape index (κ1) is 15.2. The van der Waals surface area contributed by atoms with Crippen molar-refractivity contribution in [2.45, 2.75) is 13.3 Å². The van der Waals surface area contributed by atoms with Crippen molar-refractivity contribution in [1.29, 1.82) is 0 Å². The zero-order chi connectivity index (χ0) is 7.82. The summed E-state index contributed by atoms with van der Waals surface area (Å²) in [7, 11) is 0. The van der Waals surface area contributed by atoms with Gasteiger partial charge in [0.2, 0.25) is 0 Å². The van der Waals surface area contributed by atoms with Crippen LogP contribution in [0.25, 0.3) is 0 Å². The minimum Gasteiger partial charge on any atom is -0.412 e. The number of thiocarbonyl (C=S) groups is 1. The van der Waals surface area contributed by atoms with Crippen molar-refractivity contribution in [1.82, 2.24) is 5.32 Å². The normalized spacial score (nSPS) is 8.45. The van der Waals surface area contributed by atoms with Crippen LogP contribution in [0.15, 0.2) is 0 Å². The molecule has 0 bridgehead atoms. The topological polar surface area (TPSA) is 21.3 Å². The summed E-state index contributed by atoms with van der Waals surface area (Å²) in [5, 5.41) is 2.87. The Labute approximate surface area is 122 Å². The second-order valence-electron chi connectivity index (χ2n) is 1.76. The van der Waals surface area contributed by atoms with Crippen molar-refractivity contribution in [2.75, 3.05) is 19.8 Å². The Balaban J connectivity index is 0. The summed E-state index contributed by atoms with van der Waals surface area (Å²) in [6.07, 6.45) is 0.963. The smallest absolute Gasteiger partial charge is 0.412 e. The van der Waals surface area contributed by atoms with E-state index in [-0.39, 0.29) is 51.4 Å². The fourth-order valence-electron chi connectivity index (χ4n) is 0.509. The van der Waals surface area contributed by atoms with Crippen LogP contribution in [0.1, 0.15) is 13.3 Å². The van der Waals surface area contributed by atoms with Crippen molar-refractivity contribution in [2.24, 2.45) is 0 Å². The fourth-order valence-corrected chi connectivity index (χ4v) is 0.713. The Kier molecular flexibility index (Phi) is 16.2. The van der Waals surface area contributed by atoms with Crippen LogP contribution in [0.5, 0.6) is 0 Å². The zero-order valence-electron chi connectivity index (χ0n) is 7.05. The van der Waals surface area contributed by atoms with Gasteiger partial charge in [-0.1, -0.05) is 4.32 Å². The van der Waals surface area contributed by atoms with Crippen LogP contribution in [0.3, 0.4) is 0 Å². The fraction of sp³-hybridized carbons (Fsp3) is 0.833. The summed E-state index contributed by atoms with van der Waals surface area (Å²) >= 11 is 9.27. The van der Waals surface area contributed by atoms with E-state index in [0.29, 0.717) is 4.32 Å². The average molecular weight is 217 g/mol. The molecule has 0 radical (unpaired) electrons. The van der Waals surface area contributed by atoms with Gasteiger partial charge in [-0.05, 0) is 13.3 Å². The van der Waals surface area contributed by atoms with Gasteiger partial charge in [0, 0.05) is 19.8 Å². The Bertz CT molecular complexity index is 103. The predicted molar refractivity (Wildman–Crippen MR) is 49.1 cm³/mol. The van der Waals surface area contributed by atoms with Gasteiger partial charge in [0.25, 0.3) is 0 Å². The number of ether oxygens (including phenoxy) is 1. The molecule has 0 amide bonds. The van der Waals surface area contributed by atoms with Gasteiger partial charge in [0.05, 0.1) is 0 Å². The molecule has 0 aliphatic rings. The third-order valence-electron chi connectivity index (χ3n) is 0.939. The van der Waals surface area contributed by atoms with Crippen LogP contribution in [-0.2, 0) is 17.4 Å². The van der Waals surface area contributed by atoms with Gasteiger partial charge in [0.1, 0.15) is 0 Å². The molecule has 0 aromatic carbocycles. The second-order valence-corrected chi connectivity index (χ2v) is 2.84. The molecule has 0 unspecified atom stereocenters. The second kappa shape index (κ2) is 11.7. The van der Waals surface area contributed by atoms with E-state index in [1.165, 1.54) is 0 Å². The molecule has 0 aliphatic heterocycles. The number of nitrogens with one attached hydrogen (secondary N) is 1. The van der Waals surface area contributed by atoms with E-state index in [9.17, 15) is 0 Å². The quantitative estimate of drug-likeness (QED) is 0.245. The first-order chi connectivity index (χ1) is 4.77. The first-order valence-corrected chi connectivity index (χ1v) is 4.11. The molecule has 0 heterocycles. The molecule has 60 valence electrons. The van der Waals surface area contributed by atoms with Gasteiger partial charge in [-0.15, -0.1) is 0 Å². The number of rotatable bonds is 5. The van der Waals surface area contributed by atoms with E-state index >= 15 is 0 Å². The van der Waals surface area contributed by atoms with Crippen LogP contribution in [0.4, 0.5) is 0 Å². The van der Waals surface area contributed by atoms with Gasteiger partial charge < -0.3 is 34.9 Å². The monoisotopic (exact) mass is 217 g/mol. The zero-order valence-corrected chi connectivity index (χ0v) is 11.8. The van der Waals surface area contributed by atoms with Crippen molar-refractivity contribution in [3.63, 3.8) is 0 Å². The van der Waals surface area contributed by atoms with Crippen LogP contribution in [0.2, 0.25) is 0 Å². The van der Waals surface area contributed by atoms with Crippen molar-refractivity contribution in [3.8, 4) is 0 Å². The molecule has 0 aromatic rings. The minimum absolute atomic E-state index is 0. The Morgan fingerprint density at radius 3 is 2.73 bits per heavy atom. The summed E-state index contributed by atoms with van der Waals surface area (Å²) < 4.78 is 5.54. The molecule has 0 saturated carbocycles. The molecule has 5 heteroatoms. The third-order valence-corrected chi connectivity index (χ3v) is 1.23. The first-order valence-electron chi connectivity index (χ1n) is 3.30. The predicted octanol–water partition coefficient (Wildman–Crippen LogP) is -2.16. The van der Waals surface area contributed by atoms with Crippen LogP contribution in [-0.4, -0.2) is 24.1 Å². The molecule has 0 spiro atoms. The molecule has 0 fully saturated rings. The molecule has 11 heavy (non-hydrogen) atoms. The summed E-state index contributed by atoms with van der Waals surface area (Å²) in [5.41, 5.74) is 0. The van der Waals surface area contributed by atoms with Crippen molar-refractivity contribution < 1.29 is 56.1 Å². The van der Waals surface area contributed by atoms with E-state index in [1.807, 2.05) is 6.92 Å². The van der Waals surface area contributed by atoms with Crippen molar-refractivity contribution in [3.05, 3.63) is 0 Å². The van der Waals surface area contributed by atoms with Crippen LogP contribution >= 0.6 is 12.2 Å². The summed E-state index contributed by atoms with van der Waals surface area (Å²) in [4.78, 5) is 0. The maximum atomic E-state index is 5.10. The Morgan fingerprint density at radius 2 is 2.27 bits per heavy atom. The van der Waals surface area contributed by atoms with Gasteiger partial charge in [-0.3, -0.25) is 0 Å². The summed E-state index contributed by atoms with van der Waals surface area (Å²) in [5.74, 6) is 0. The summed E-state index contributed by atoms with van der Waals surface area (Å²) in [6, 6.07) is 0. The maximum absolute atomic E-state index is 5.10. The van der Waals surface area contributed by atoms with Gasteiger partial charge >= 0.3 is 51.4 Å². The average Bonchev–Trinajstić information content (AvgIpc) is 1.87. The molecule has 0 aliphatic carbocycles. The van der Waals surface area contributed by atoms with Gasteiger partial charge in [-0.2, -0.15) is 0 Å². The van der Waals surface area contributed by atoms with E-state index in [1.54, 1.807) is 0 Å². The molecule has 2 nitrogen and oxygen atoms in total. The maximum Gasteiger partial charge on any atom is 1.00 e. The molecular formula is C6H12KNOS2. The van der Waals surface area contributed by atoms with Crippen LogP contribution in [0, 0.1) is 0 Å². The van der Waals surface area contributed by atoms with E-state index in [0.717, 1.165) is 26.2 Å². The minimum atomic E-state index is 0. The molecule has 0 rings (SSSR count). The van der Waals surface area contributed by atoms with Gasteiger partial charge in [-0.25, -0.2) is 0 Å². The van der Waals surface area contributed by atoms with E-state index in [4.69, 9.17) is 4.74 Å². The largest absolute Gasteiger partial charge is 1.00 e. The Hall–Kier alpha value is 1.71. The van der Waals surface area contributed by atoms with E-state index in [2.05, 4.69) is 30.2 Å².